The maximum absolute atomic E-state index is 6.61. The maximum atomic E-state index is 6.61. The normalized spacial score (nSPS) is 12.5. The van der Waals surface area contributed by atoms with E-state index in [1.54, 1.807) is 0 Å². The van der Waals surface area contributed by atoms with E-state index in [9.17, 15) is 0 Å². The van der Waals surface area contributed by atoms with E-state index in [1.807, 2.05) is 0 Å². The average molecular weight is 437 g/mol. The number of rotatable bonds is 3. The molecule has 5 rings (SSSR count). The van der Waals surface area contributed by atoms with Gasteiger partial charge < -0.3 is 4.42 Å². The van der Waals surface area contributed by atoms with Crippen molar-refractivity contribution in [3.8, 4) is 11.3 Å². The molecule has 168 valence electrons. The van der Waals surface area contributed by atoms with Gasteiger partial charge in [-0.25, -0.2) is 0 Å². The summed E-state index contributed by atoms with van der Waals surface area (Å²) in [6, 6.07) is 20.1. The van der Waals surface area contributed by atoms with Gasteiger partial charge in [-0.15, -0.1) is 0 Å². The van der Waals surface area contributed by atoms with E-state index >= 15 is 0 Å². The standard InChI is InChI=1S/C31H34NO/c1-19(2)16-21-12-13-24-25-14-15-32(7)29(30(25)33-28(24)17-21)26-18-27(31(4,5)6)23-11-9-8-10-22(23)20(26)3/h8-15,17-19H,16H2,1-7H3/q+1. The van der Waals surface area contributed by atoms with E-state index in [1.165, 1.54) is 43.8 Å². The second-order valence-corrected chi connectivity index (χ2v) is 10.9. The molecule has 0 bridgehead atoms. The third-order valence-electron chi connectivity index (χ3n) is 6.85. The molecule has 5 aromatic rings. The summed E-state index contributed by atoms with van der Waals surface area (Å²) in [6.07, 6.45) is 3.23. The Balaban J connectivity index is 1.85. The third kappa shape index (κ3) is 3.62. The van der Waals surface area contributed by atoms with Gasteiger partial charge in [0.2, 0.25) is 5.58 Å². The van der Waals surface area contributed by atoms with Crippen LogP contribution >= 0.6 is 0 Å². The first-order valence-corrected chi connectivity index (χ1v) is 12.0. The first-order valence-electron chi connectivity index (χ1n) is 12.0. The van der Waals surface area contributed by atoms with Crippen LogP contribution in [0.1, 0.15) is 51.3 Å². The summed E-state index contributed by atoms with van der Waals surface area (Å²) < 4.78 is 8.82. The zero-order valence-electron chi connectivity index (χ0n) is 20.9. The quantitative estimate of drug-likeness (QED) is 0.262. The van der Waals surface area contributed by atoms with Crippen molar-refractivity contribution in [3.05, 3.63) is 77.5 Å². The van der Waals surface area contributed by atoms with Gasteiger partial charge in [0.05, 0.1) is 5.56 Å². The molecule has 0 unspecified atom stereocenters. The maximum Gasteiger partial charge on any atom is 0.256 e. The number of furan rings is 1. The van der Waals surface area contributed by atoms with Gasteiger partial charge in [-0.1, -0.05) is 71.0 Å². The number of aryl methyl sites for hydroxylation is 2. The first kappa shape index (κ1) is 21.7. The molecular formula is C31H34NO+. The van der Waals surface area contributed by atoms with Crippen LogP contribution in [0.2, 0.25) is 0 Å². The molecule has 2 aromatic heterocycles. The number of hydrogen-bond acceptors (Lipinski definition) is 1. The molecule has 33 heavy (non-hydrogen) atoms. The predicted molar refractivity (Wildman–Crippen MR) is 140 cm³/mol. The summed E-state index contributed by atoms with van der Waals surface area (Å²) in [4.78, 5) is 0. The van der Waals surface area contributed by atoms with Crippen LogP contribution in [0.25, 0.3) is 44.0 Å². The fourth-order valence-corrected chi connectivity index (χ4v) is 5.22. The fraction of sp³-hybridized carbons (Fsp3) is 0.323. The number of fused-ring (bicyclic) bond motifs is 4. The molecule has 0 fully saturated rings. The SMILES string of the molecule is Cc1c(-c2c3oc4cc(CC(C)C)ccc4c3cc[n+]2C)cc(C(C)(C)C)c2ccccc12. The lowest BCUT2D eigenvalue weighted by atomic mass is 9.80. The molecule has 0 aliphatic heterocycles. The Hall–Kier alpha value is -3.13. The highest BCUT2D eigenvalue weighted by Gasteiger charge is 2.26. The third-order valence-corrected chi connectivity index (χ3v) is 6.85. The molecule has 0 aliphatic rings. The van der Waals surface area contributed by atoms with Crippen molar-refractivity contribution in [1.82, 2.24) is 0 Å². The Labute approximate surface area is 196 Å². The minimum atomic E-state index is 0.0359. The lowest BCUT2D eigenvalue weighted by Gasteiger charge is -2.23. The minimum Gasteiger partial charge on any atom is -0.449 e. The molecule has 0 spiro atoms. The first-order chi connectivity index (χ1) is 15.6. The molecule has 2 heterocycles. The number of pyridine rings is 1. The highest BCUT2D eigenvalue weighted by Crippen LogP contribution is 2.40. The van der Waals surface area contributed by atoms with Crippen molar-refractivity contribution in [2.24, 2.45) is 13.0 Å². The summed E-state index contributed by atoms with van der Waals surface area (Å²) in [7, 11) is 2.12. The van der Waals surface area contributed by atoms with Crippen LogP contribution in [-0.2, 0) is 18.9 Å². The van der Waals surface area contributed by atoms with Gasteiger partial charge in [-0.2, -0.15) is 4.57 Å². The van der Waals surface area contributed by atoms with Crippen molar-refractivity contribution in [2.45, 2.75) is 53.4 Å². The molecule has 0 radical (unpaired) electrons. The van der Waals surface area contributed by atoms with Crippen molar-refractivity contribution < 1.29 is 8.98 Å². The van der Waals surface area contributed by atoms with E-state index in [-0.39, 0.29) is 5.41 Å². The topological polar surface area (TPSA) is 17.0 Å². The molecule has 0 saturated heterocycles. The second kappa shape index (κ2) is 7.73. The minimum absolute atomic E-state index is 0.0359. The summed E-state index contributed by atoms with van der Waals surface area (Å²) >= 11 is 0. The summed E-state index contributed by atoms with van der Waals surface area (Å²) in [6.45, 7) is 13.7. The van der Waals surface area contributed by atoms with Crippen molar-refractivity contribution in [1.29, 1.82) is 0 Å². The number of aromatic nitrogens is 1. The number of nitrogens with zero attached hydrogens (tertiary/aromatic N) is 1. The van der Waals surface area contributed by atoms with E-state index in [2.05, 4.69) is 114 Å². The van der Waals surface area contributed by atoms with E-state index in [0.717, 1.165) is 23.3 Å². The Bertz CT molecular complexity index is 1510. The zero-order chi connectivity index (χ0) is 23.5. The van der Waals surface area contributed by atoms with Gasteiger partial charge in [-0.05, 0) is 64.3 Å². The van der Waals surface area contributed by atoms with Crippen LogP contribution in [0.5, 0.6) is 0 Å². The van der Waals surface area contributed by atoms with Gasteiger partial charge >= 0.3 is 0 Å². The summed E-state index contributed by atoms with van der Waals surface area (Å²) in [5, 5.41) is 5.02. The monoisotopic (exact) mass is 436 g/mol. The van der Waals surface area contributed by atoms with Crippen LogP contribution in [0.3, 0.4) is 0 Å². The second-order valence-electron chi connectivity index (χ2n) is 10.9. The molecule has 0 atom stereocenters. The van der Waals surface area contributed by atoms with Crippen LogP contribution in [0.15, 0.2) is 65.2 Å². The largest absolute Gasteiger partial charge is 0.449 e. The van der Waals surface area contributed by atoms with Crippen molar-refractivity contribution >= 4 is 32.7 Å². The molecule has 0 saturated carbocycles. The van der Waals surface area contributed by atoms with Gasteiger partial charge in [0.15, 0.2) is 6.20 Å². The van der Waals surface area contributed by atoms with Crippen LogP contribution in [0, 0.1) is 12.8 Å². The predicted octanol–water partition coefficient (Wildman–Crippen LogP) is 8.04. The number of benzene rings is 3. The van der Waals surface area contributed by atoms with Crippen LogP contribution < -0.4 is 4.57 Å². The fourth-order valence-electron chi connectivity index (χ4n) is 5.22. The van der Waals surface area contributed by atoms with Crippen LogP contribution in [0.4, 0.5) is 0 Å². The van der Waals surface area contributed by atoms with Crippen molar-refractivity contribution in [2.75, 3.05) is 0 Å². The van der Waals surface area contributed by atoms with Gasteiger partial charge in [-0.3, -0.25) is 0 Å². The van der Waals surface area contributed by atoms with Gasteiger partial charge in [0, 0.05) is 16.8 Å². The average Bonchev–Trinajstić information content (AvgIpc) is 3.11. The Morgan fingerprint density at radius 1 is 0.879 bits per heavy atom. The highest BCUT2D eigenvalue weighted by atomic mass is 16.3. The Morgan fingerprint density at radius 3 is 2.30 bits per heavy atom. The molecular weight excluding hydrogens is 402 g/mol. The highest BCUT2D eigenvalue weighted by molar-refractivity contribution is 6.09. The van der Waals surface area contributed by atoms with Crippen LogP contribution in [-0.4, -0.2) is 0 Å². The molecule has 0 amide bonds. The molecule has 3 aromatic carbocycles. The molecule has 0 aliphatic carbocycles. The van der Waals surface area contributed by atoms with Gasteiger partial charge in [0.25, 0.3) is 5.69 Å². The van der Waals surface area contributed by atoms with E-state index < -0.39 is 0 Å². The van der Waals surface area contributed by atoms with E-state index in [0.29, 0.717) is 5.92 Å². The smallest absolute Gasteiger partial charge is 0.256 e. The lowest BCUT2D eigenvalue weighted by Crippen LogP contribution is -2.30. The lowest BCUT2D eigenvalue weighted by molar-refractivity contribution is -0.659. The zero-order valence-corrected chi connectivity index (χ0v) is 20.9. The van der Waals surface area contributed by atoms with Crippen molar-refractivity contribution in [3.63, 3.8) is 0 Å². The van der Waals surface area contributed by atoms with Gasteiger partial charge in [0.1, 0.15) is 12.6 Å². The summed E-state index contributed by atoms with van der Waals surface area (Å²) in [5.41, 5.74) is 8.36. The number of hydrogen-bond donors (Lipinski definition) is 0. The Kier molecular flexibility index (Phi) is 5.08. The molecule has 0 N–H and O–H groups in total. The Morgan fingerprint density at radius 2 is 1.61 bits per heavy atom. The molecule has 2 nitrogen and oxygen atoms in total. The molecule has 2 heteroatoms. The van der Waals surface area contributed by atoms with E-state index in [4.69, 9.17) is 4.42 Å². The summed E-state index contributed by atoms with van der Waals surface area (Å²) in [5.74, 6) is 0.622.